The van der Waals surface area contributed by atoms with Gasteiger partial charge >= 0.3 is 0 Å². The molecule has 90 valence electrons. The van der Waals surface area contributed by atoms with Crippen LogP contribution < -0.4 is 10.1 Å². The molecular formula is C12H12ClFN2O. The molecule has 0 radical (unpaired) electrons. The van der Waals surface area contributed by atoms with Crippen LogP contribution in [0.15, 0.2) is 12.1 Å². The zero-order chi connectivity index (χ0) is 12.0. The molecule has 0 unspecified atom stereocenters. The summed E-state index contributed by atoms with van der Waals surface area (Å²) in [4.78, 5) is 0. The second kappa shape index (κ2) is 3.89. The van der Waals surface area contributed by atoms with E-state index in [1.807, 2.05) is 6.07 Å². The monoisotopic (exact) mass is 254 g/mol. The summed E-state index contributed by atoms with van der Waals surface area (Å²) in [6, 6.07) is 3.44. The molecule has 3 rings (SSSR count). The smallest absolute Gasteiger partial charge is 0.154 e. The first kappa shape index (κ1) is 10.9. The summed E-state index contributed by atoms with van der Waals surface area (Å²) in [5.74, 6) is 0.190. The molecule has 1 aliphatic rings. The third-order valence-corrected chi connectivity index (χ3v) is 3.48. The van der Waals surface area contributed by atoms with Gasteiger partial charge in [0.05, 0.1) is 28.7 Å². The Morgan fingerprint density at radius 1 is 1.47 bits per heavy atom. The molecule has 0 aliphatic carbocycles. The van der Waals surface area contributed by atoms with Crippen LogP contribution in [0.4, 0.5) is 4.39 Å². The van der Waals surface area contributed by atoms with Crippen molar-refractivity contribution in [3.8, 4) is 5.75 Å². The van der Waals surface area contributed by atoms with E-state index >= 15 is 0 Å². The third-order valence-electron chi connectivity index (χ3n) is 3.19. The molecule has 0 atom stereocenters. The van der Waals surface area contributed by atoms with Crippen LogP contribution in [0.5, 0.6) is 5.75 Å². The van der Waals surface area contributed by atoms with E-state index in [1.54, 1.807) is 13.2 Å². The number of ether oxygens (including phenoxy) is 1. The Bertz CT molecular complexity index is 594. The van der Waals surface area contributed by atoms with Gasteiger partial charge in [0.2, 0.25) is 0 Å². The van der Waals surface area contributed by atoms with Crippen molar-refractivity contribution in [3.63, 3.8) is 0 Å². The molecule has 3 nitrogen and oxygen atoms in total. The Kier molecular flexibility index (Phi) is 2.49. The van der Waals surface area contributed by atoms with Crippen LogP contribution in [0.25, 0.3) is 10.9 Å². The van der Waals surface area contributed by atoms with Crippen molar-refractivity contribution < 1.29 is 9.13 Å². The first-order chi connectivity index (χ1) is 8.24. The fourth-order valence-electron chi connectivity index (χ4n) is 2.44. The highest BCUT2D eigenvalue weighted by molar-refractivity contribution is 6.31. The van der Waals surface area contributed by atoms with Crippen molar-refractivity contribution in [1.29, 1.82) is 0 Å². The molecule has 2 aromatic rings. The molecule has 1 N–H and O–H groups in total. The average Bonchev–Trinajstić information content (AvgIpc) is 2.68. The van der Waals surface area contributed by atoms with Gasteiger partial charge in [-0.2, -0.15) is 0 Å². The van der Waals surface area contributed by atoms with Gasteiger partial charge in [-0.15, -0.1) is 0 Å². The number of methoxy groups -OCH3 is 1. The van der Waals surface area contributed by atoms with E-state index in [9.17, 15) is 4.39 Å². The zero-order valence-corrected chi connectivity index (χ0v) is 10.1. The molecule has 1 aliphatic heterocycles. The number of nitrogens with zero attached hydrogens (tertiary/aromatic N) is 1. The first-order valence-corrected chi connectivity index (χ1v) is 5.85. The van der Waals surface area contributed by atoms with Gasteiger partial charge < -0.3 is 14.6 Å². The number of fused-ring (bicyclic) bond motifs is 3. The Labute approximate surface area is 103 Å². The van der Waals surface area contributed by atoms with Crippen molar-refractivity contribution in [2.75, 3.05) is 13.7 Å². The van der Waals surface area contributed by atoms with Gasteiger partial charge in [-0.25, -0.2) is 4.39 Å². The largest absolute Gasteiger partial charge is 0.494 e. The number of nitrogens with one attached hydrogen (secondary N) is 1. The molecule has 0 bridgehead atoms. The molecular weight excluding hydrogens is 243 g/mol. The van der Waals surface area contributed by atoms with Crippen LogP contribution in [-0.4, -0.2) is 18.2 Å². The number of aromatic nitrogens is 1. The van der Waals surface area contributed by atoms with Crippen LogP contribution in [0.1, 0.15) is 5.69 Å². The highest BCUT2D eigenvalue weighted by Gasteiger charge is 2.23. The van der Waals surface area contributed by atoms with E-state index in [4.69, 9.17) is 16.3 Å². The standard InChI is InChI=1S/C12H12ClFN2O/c1-17-12-9-6-15-4-5-16(9)8-3-2-7(13)11(14)10(8)12/h2-3,15H,4-6H2,1H3. The fourth-order valence-corrected chi connectivity index (χ4v) is 2.60. The summed E-state index contributed by atoms with van der Waals surface area (Å²) in [6.45, 7) is 2.38. The van der Waals surface area contributed by atoms with E-state index in [1.165, 1.54) is 0 Å². The third kappa shape index (κ3) is 1.44. The van der Waals surface area contributed by atoms with Crippen molar-refractivity contribution in [1.82, 2.24) is 9.88 Å². The Hall–Kier alpha value is -1.26. The van der Waals surface area contributed by atoms with E-state index in [-0.39, 0.29) is 5.02 Å². The molecule has 0 saturated carbocycles. The molecule has 0 fully saturated rings. The maximum absolute atomic E-state index is 14.1. The molecule has 0 saturated heterocycles. The minimum absolute atomic E-state index is 0.131. The second-order valence-corrected chi connectivity index (χ2v) is 4.47. The summed E-state index contributed by atoms with van der Waals surface area (Å²) >= 11 is 5.82. The second-order valence-electron chi connectivity index (χ2n) is 4.06. The van der Waals surface area contributed by atoms with Gasteiger partial charge in [-0.05, 0) is 12.1 Å². The van der Waals surface area contributed by atoms with Crippen LogP contribution in [0, 0.1) is 5.82 Å². The summed E-state index contributed by atoms with van der Waals surface area (Å²) in [7, 11) is 1.56. The Morgan fingerprint density at radius 3 is 3.06 bits per heavy atom. The van der Waals surface area contributed by atoms with Gasteiger partial charge in [-0.3, -0.25) is 0 Å². The summed E-state index contributed by atoms with van der Waals surface area (Å²) in [5, 5.41) is 3.87. The highest BCUT2D eigenvalue weighted by Crippen LogP contribution is 2.38. The fraction of sp³-hybridized carbons (Fsp3) is 0.333. The summed E-state index contributed by atoms with van der Waals surface area (Å²) < 4.78 is 21.5. The first-order valence-electron chi connectivity index (χ1n) is 5.48. The molecule has 2 heterocycles. The minimum atomic E-state index is -0.400. The van der Waals surface area contributed by atoms with Crippen molar-refractivity contribution in [3.05, 3.63) is 28.7 Å². The molecule has 1 aromatic heterocycles. The van der Waals surface area contributed by atoms with Gasteiger partial charge in [-0.1, -0.05) is 11.6 Å². The maximum atomic E-state index is 14.1. The number of hydrogen-bond donors (Lipinski definition) is 1. The Balaban J connectivity index is 2.43. The summed E-state index contributed by atoms with van der Waals surface area (Å²) in [5.41, 5.74) is 1.83. The van der Waals surface area contributed by atoms with Crippen molar-refractivity contribution in [2.45, 2.75) is 13.1 Å². The predicted octanol–water partition coefficient (Wildman–Crippen LogP) is 2.55. The van der Waals surface area contributed by atoms with Gasteiger partial charge in [0.1, 0.15) is 0 Å². The number of hydrogen-bond acceptors (Lipinski definition) is 2. The molecule has 0 spiro atoms. The quantitative estimate of drug-likeness (QED) is 0.847. The van der Waals surface area contributed by atoms with E-state index in [0.717, 1.165) is 24.3 Å². The van der Waals surface area contributed by atoms with Crippen molar-refractivity contribution in [2.24, 2.45) is 0 Å². The number of rotatable bonds is 1. The van der Waals surface area contributed by atoms with Gasteiger partial charge in [0, 0.05) is 19.6 Å². The van der Waals surface area contributed by atoms with E-state index < -0.39 is 5.82 Å². The topological polar surface area (TPSA) is 26.2 Å². The lowest BCUT2D eigenvalue weighted by molar-refractivity contribution is 0.399. The SMILES string of the molecule is COc1c2n(c3ccc(Cl)c(F)c13)CCNC2. The van der Waals surface area contributed by atoms with Gasteiger partial charge in [0.15, 0.2) is 11.6 Å². The van der Waals surface area contributed by atoms with Gasteiger partial charge in [0.25, 0.3) is 0 Å². The van der Waals surface area contributed by atoms with Crippen LogP contribution in [0.2, 0.25) is 5.02 Å². The number of halogens is 2. The Morgan fingerprint density at radius 2 is 2.29 bits per heavy atom. The lowest BCUT2D eigenvalue weighted by atomic mass is 10.2. The molecule has 5 heteroatoms. The predicted molar refractivity (Wildman–Crippen MR) is 65.2 cm³/mol. The minimum Gasteiger partial charge on any atom is -0.494 e. The zero-order valence-electron chi connectivity index (χ0n) is 9.39. The van der Waals surface area contributed by atoms with E-state index in [0.29, 0.717) is 17.7 Å². The van der Waals surface area contributed by atoms with Crippen molar-refractivity contribution >= 4 is 22.5 Å². The average molecular weight is 255 g/mol. The molecule has 0 amide bonds. The number of benzene rings is 1. The van der Waals surface area contributed by atoms with Crippen LogP contribution in [-0.2, 0) is 13.1 Å². The normalized spacial score (nSPS) is 15.0. The van der Waals surface area contributed by atoms with Crippen LogP contribution in [0.3, 0.4) is 0 Å². The maximum Gasteiger partial charge on any atom is 0.154 e. The lowest BCUT2D eigenvalue weighted by Gasteiger charge is -2.17. The lowest BCUT2D eigenvalue weighted by Crippen LogP contribution is -2.27. The molecule has 1 aromatic carbocycles. The van der Waals surface area contributed by atoms with Crippen LogP contribution >= 0.6 is 11.6 Å². The highest BCUT2D eigenvalue weighted by atomic mass is 35.5. The molecule has 17 heavy (non-hydrogen) atoms. The summed E-state index contributed by atoms with van der Waals surface area (Å²) in [6.07, 6.45) is 0. The van der Waals surface area contributed by atoms with E-state index in [2.05, 4.69) is 9.88 Å².